The van der Waals surface area contributed by atoms with Crippen molar-refractivity contribution in [2.45, 2.75) is 77.3 Å². The molecule has 2 rings (SSSR count). The summed E-state index contributed by atoms with van der Waals surface area (Å²) >= 11 is 2.90. The van der Waals surface area contributed by atoms with Crippen LogP contribution in [0.4, 0.5) is 0 Å². The normalized spacial score (nSPS) is 18.9. The monoisotopic (exact) mass is 566 g/mol. The molecule has 0 amide bonds. The van der Waals surface area contributed by atoms with Gasteiger partial charge in [0, 0.05) is 24.9 Å². The average molecular weight is 568 g/mol. The van der Waals surface area contributed by atoms with Crippen LogP contribution in [0, 0.1) is 0 Å². The third-order valence-corrected chi connectivity index (χ3v) is 6.01. The molecule has 2 unspecified atom stereocenters. The van der Waals surface area contributed by atoms with E-state index in [0.717, 1.165) is 38.8 Å². The number of methoxy groups -OCH3 is 2. The van der Waals surface area contributed by atoms with Crippen molar-refractivity contribution >= 4 is 39.8 Å². The van der Waals surface area contributed by atoms with Crippen LogP contribution in [0.5, 0.6) is 0 Å². The molecular weight excluding hydrogens is 524 g/mol. The molecule has 0 aromatic rings. The summed E-state index contributed by atoms with van der Waals surface area (Å²) in [6, 6.07) is 0.855. The first-order chi connectivity index (χ1) is 16.8. The molecule has 0 saturated carbocycles. The highest BCUT2D eigenvalue weighted by molar-refractivity contribution is 9.09. The Morgan fingerprint density at radius 2 is 1.46 bits per heavy atom. The van der Waals surface area contributed by atoms with Crippen molar-refractivity contribution in [1.29, 1.82) is 0 Å². The van der Waals surface area contributed by atoms with Crippen LogP contribution in [0.15, 0.2) is 0 Å². The van der Waals surface area contributed by atoms with Gasteiger partial charge in [0.2, 0.25) is 0 Å². The molecule has 2 aliphatic heterocycles. The summed E-state index contributed by atoms with van der Waals surface area (Å²) in [6.07, 6.45) is 7.24. The molecule has 204 valence electrons. The Labute approximate surface area is 217 Å². The van der Waals surface area contributed by atoms with Crippen molar-refractivity contribution in [3.63, 3.8) is 0 Å². The van der Waals surface area contributed by atoms with Crippen LogP contribution in [-0.2, 0) is 38.1 Å². The fourth-order valence-electron chi connectivity index (χ4n) is 3.76. The van der Waals surface area contributed by atoms with Gasteiger partial charge in [0.05, 0.1) is 34.0 Å². The zero-order chi connectivity index (χ0) is 26.5. The van der Waals surface area contributed by atoms with Gasteiger partial charge in [0.25, 0.3) is 0 Å². The van der Waals surface area contributed by atoms with Crippen molar-refractivity contribution in [3.8, 4) is 0 Å². The summed E-state index contributed by atoms with van der Waals surface area (Å²) < 4.78 is 18.6. The fraction of sp³-hybridized carbons (Fsp3) is 0.833. The topological polar surface area (TPSA) is 120 Å². The second-order valence-electron chi connectivity index (χ2n) is 8.03. The molecule has 2 saturated heterocycles. The van der Waals surface area contributed by atoms with E-state index in [1.807, 2.05) is 6.92 Å². The number of likely N-dealkylation sites (tertiary alicyclic amines) is 1. The summed E-state index contributed by atoms with van der Waals surface area (Å²) in [5.41, 5.74) is 0. The first-order valence-electron chi connectivity index (χ1n) is 12.3. The molecule has 11 heteroatoms. The van der Waals surface area contributed by atoms with Crippen molar-refractivity contribution in [2.75, 3.05) is 52.4 Å². The highest BCUT2D eigenvalue weighted by Crippen LogP contribution is 2.21. The van der Waals surface area contributed by atoms with Crippen LogP contribution in [0.2, 0.25) is 0 Å². The van der Waals surface area contributed by atoms with E-state index in [4.69, 9.17) is 9.47 Å². The number of hydrogen-bond acceptors (Lipinski definition) is 10. The van der Waals surface area contributed by atoms with E-state index in [0.29, 0.717) is 44.7 Å². The number of nitrogens with one attached hydrogen (secondary N) is 1. The van der Waals surface area contributed by atoms with Crippen LogP contribution >= 0.6 is 15.9 Å². The van der Waals surface area contributed by atoms with Gasteiger partial charge in [-0.3, -0.25) is 24.1 Å². The van der Waals surface area contributed by atoms with Gasteiger partial charge in [-0.25, -0.2) is 0 Å². The van der Waals surface area contributed by atoms with Gasteiger partial charge in [0.15, 0.2) is 0 Å². The second kappa shape index (κ2) is 21.6. The lowest BCUT2D eigenvalue weighted by Gasteiger charge is -2.22. The van der Waals surface area contributed by atoms with E-state index in [-0.39, 0.29) is 29.2 Å². The standard InChI is InChI=1S/C12H21NO4.C9H17NO2.C3H5BrO2/c1-3-17-11(14)7-6-10-5-4-8-13(10)9-12(15)16-2;1-2-12-9(11)6-5-8-4-3-7-10-8;1-6-3(5)2-4/h10H,3-9H2,1-2H3;8,10H,2-7H2,1H3;2H2,1H3. The van der Waals surface area contributed by atoms with Crippen molar-refractivity contribution in [2.24, 2.45) is 0 Å². The van der Waals surface area contributed by atoms with Gasteiger partial charge < -0.3 is 24.3 Å². The molecule has 0 radical (unpaired) electrons. The molecule has 2 aliphatic rings. The Kier molecular flexibility index (Phi) is 20.5. The smallest absolute Gasteiger partial charge is 0.319 e. The van der Waals surface area contributed by atoms with Gasteiger partial charge in [-0.05, 0) is 65.5 Å². The lowest BCUT2D eigenvalue weighted by atomic mass is 10.1. The van der Waals surface area contributed by atoms with E-state index < -0.39 is 0 Å². The number of ether oxygens (including phenoxy) is 4. The first kappa shape index (κ1) is 33.3. The van der Waals surface area contributed by atoms with E-state index in [9.17, 15) is 19.2 Å². The second-order valence-corrected chi connectivity index (χ2v) is 8.59. The van der Waals surface area contributed by atoms with Gasteiger partial charge in [-0.1, -0.05) is 15.9 Å². The Morgan fingerprint density at radius 1 is 0.857 bits per heavy atom. The molecule has 10 nitrogen and oxygen atoms in total. The highest BCUT2D eigenvalue weighted by atomic mass is 79.9. The number of halogens is 1. The molecule has 2 atom stereocenters. The lowest BCUT2D eigenvalue weighted by Crippen LogP contribution is -2.35. The fourth-order valence-corrected chi connectivity index (χ4v) is 3.99. The van der Waals surface area contributed by atoms with Crippen molar-refractivity contribution in [1.82, 2.24) is 10.2 Å². The Morgan fingerprint density at radius 3 is 1.91 bits per heavy atom. The molecule has 2 heterocycles. The number of alkyl halides is 1. The molecular formula is C24H43BrN2O8. The van der Waals surface area contributed by atoms with Gasteiger partial charge >= 0.3 is 23.9 Å². The SMILES string of the molecule is CCOC(=O)CCC1CCCN1.CCOC(=O)CCC1CCCN1CC(=O)OC.COC(=O)CBr. The summed E-state index contributed by atoms with van der Waals surface area (Å²) in [4.78, 5) is 45.4. The van der Waals surface area contributed by atoms with Crippen molar-refractivity contribution in [3.05, 3.63) is 0 Å². The Hall–Kier alpha value is -1.72. The first-order valence-corrected chi connectivity index (χ1v) is 13.4. The molecule has 2 fully saturated rings. The summed E-state index contributed by atoms with van der Waals surface area (Å²) in [6.45, 7) is 6.90. The number of hydrogen-bond donors (Lipinski definition) is 1. The highest BCUT2D eigenvalue weighted by Gasteiger charge is 2.26. The zero-order valence-corrected chi connectivity index (χ0v) is 23.2. The number of esters is 4. The van der Waals surface area contributed by atoms with Crippen molar-refractivity contribution < 1.29 is 38.1 Å². The minimum Gasteiger partial charge on any atom is -0.468 e. The molecule has 1 N–H and O–H groups in total. The van der Waals surface area contributed by atoms with E-state index in [1.165, 1.54) is 27.1 Å². The summed E-state index contributed by atoms with van der Waals surface area (Å²) in [5, 5.41) is 3.63. The molecule has 0 aromatic heterocycles. The number of carbonyl (C=O) groups excluding carboxylic acids is 4. The molecule has 0 bridgehead atoms. The quantitative estimate of drug-likeness (QED) is 0.227. The summed E-state index contributed by atoms with van der Waals surface area (Å²) in [5.74, 6) is -0.674. The van der Waals surface area contributed by atoms with E-state index in [1.54, 1.807) is 6.92 Å². The predicted molar refractivity (Wildman–Crippen MR) is 135 cm³/mol. The summed E-state index contributed by atoms with van der Waals surface area (Å²) in [7, 11) is 2.75. The molecule has 0 aliphatic carbocycles. The van der Waals surface area contributed by atoms with E-state index in [2.05, 4.69) is 35.6 Å². The number of rotatable bonds is 11. The third kappa shape index (κ3) is 17.4. The maximum atomic E-state index is 11.3. The Bertz CT molecular complexity index is 608. The Balaban J connectivity index is 0.000000557. The maximum absolute atomic E-state index is 11.3. The number of nitrogens with zero attached hydrogens (tertiary/aromatic N) is 1. The van der Waals surface area contributed by atoms with Gasteiger partial charge in [-0.2, -0.15) is 0 Å². The third-order valence-electron chi connectivity index (χ3n) is 5.55. The minimum absolute atomic E-state index is 0.0637. The van der Waals surface area contributed by atoms with Crippen LogP contribution in [0.3, 0.4) is 0 Å². The van der Waals surface area contributed by atoms with Crippen LogP contribution < -0.4 is 5.32 Å². The largest absolute Gasteiger partial charge is 0.468 e. The van der Waals surface area contributed by atoms with Crippen LogP contribution in [0.1, 0.15) is 65.2 Å². The molecule has 0 spiro atoms. The molecule has 35 heavy (non-hydrogen) atoms. The zero-order valence-electron chi connectivity index (χ0n) is 21.6. The van der Waals surface area contributed by atoms with E-state index >= 15 is 0 Å². The maximum Gasteiger partial charge on any atom is 0.319 e. The van der Waals surface area contributed by atoms with Crippen LogP contribution in [-0.4, -0.2) is 93.3 Å². The predicted octanol–water partition coefficient (Wildman–Crippen LogP) is 2.60. The van der Waals surface area contributed by atoms with Crippen LogP contribution in [0.25, 0.3) is 0 Å². The molecule has 0 aromatic carbocycles. The number of carbonyl (C=O) groups is 4. The van der Waals surface area contributed by atoms with Gasteiger partial charge in [0.1, 0.15) is 5.33 Å². The average Bonchev–Trinajstić information content (AvgIpc) is 3.54. The van der Waals surface area contributed by atoms with Gasteiger partial charge in [-0.15, -0.1) is 0 Å². The minimum atomic E-state index is -0.241. The lowest BCUT2D eigenvalue weighted by molar-refractivity contribution is -0.144.